The van der Waals surface area contributed by atoms with Crippen LogP contribution in [0, 0.1) is 10.1 Å². The number of nitrogens with zero attached hydrogens (tertiary/aromatic N) is 1. The van der Waals surface area contributed by atoms with Crippen LogP contribution in [0.2, 0.25) is 0 Å². The number of non-ortho nitro benzene ring substituents is 1. The van der Waals surface area contributed by atoms with Crippen LogP contribution >= 0.6 is 0 Å². The van der Waals surface area contributed by atoms with E-state index in [-0.39, 0.29) is 18.2 Å². The zero-order valence-electron chi connectivity index (χ0n) is 15.0. The van der Waals surface area contributed by atoms with Gasteiger partial charge >= 0.3 is 0 Å². The van der Waals surface area contributed by atoms with E-state index in [1.165, 1.54) is 56.4 Å². The quantitative estimate of drug-likeness (QED) is 0.559. The highest BCUT2D eigenvalue weighted by molar-refractivity contribution is 5.92. The Kier molecular flexibility index (Phi) is 6.25. The molecule has 0 aromatic heterocycles. The molecule has 0 saturated heterocycles. The molecule has 1 aliphatic rings. The number of amides is 1. The van der Waals surface area contributed by atoms with Gasteiger partial charge in [0.25, 0.3) is 11.6 Å². The van der Waals surface area contributed by atoms with Crippen LogP contribution in [0.1, 0.15) is 32.1 Å². The first-order valence-electron chi connectivity index (χ1n) is 9.14. The predicted octanol–water partition coefficient (Wildman–Crippen LogP) is 4.36. The van der Waals surface area contributed by atoms with Crippen molar-refractivity contribution in [1.82, 2.24) is 0 Å². The van der Waals surface area contributed by atoms with Crippen molar-refractivity contribution in [2.45, 2.75) is 38.1 Å². The van der Waals surface area contributed by atoms with E-state index in [0.29, 0.717) is 17.5 Å². The third-order valence-electron chi connectivity index (χ3n) is 4.56. The highest BCUT2D eigenvalue weighted by atomic mass is 16.6. The number of nitro benzene ring substituents is 1. The number of anilines is 2. The minimum atomic E-state index is -0.483. The van der Waals surface area contributed by atoms with Gasteiger partial charge in [-0.25, -0.2) is 0 Å². The van der Waals surface area contributed by atoms with Crippen LogP contribution in [0.4, 0.5) is 17.1 Å². The first-order valence-corrected chi connectivity index (χ1v) is 9.14. The number of carbonyl (C=O) groups excluding carboxylic acids is 1. The molecule has 0 atom stereocenters. The number of ether oxygens (including phenoxy) is 1. The number of nitro groups is 1. The maximum atomic E-state index is 12.0. The van der Waals surface area contributed by atoms with E-state index in [0.717, 1.165) is 5.69 Å². The van der Waals surface area contributed by atoms with Crippen LogP contribution in [0.25, 0.3) is 0 Å². The molecular formula is C20H23N3O4. The summed E-state index contributed by atoms with van der Waals surface area (Å²) in [6.07, 6.45) is 6.29. The summed E-state index contributed by atoms with van der Waals surface area (Å²) in [7, 11) is 0. The molecule has 142 valence electrons. The predicted molar refractivity (Wildman–Crippen MR) is 104 cm³/mol. The molecule has 0 bridgehead atoms. The van der Waals surface area contributed by atoms with Gasteiger partial charge < -0.3 is 15.4 Å². The molecule has 2 aromatic rings. The van der Waals surface area contributed by atoms with Crippen LogP contribution in [-0.4, -0.2) is 23.5 Å². The van der Waals surface area contributed by atoms with Gasteiger partial charge in [0.15, 0.2) is 6.61 Å². The van der Waals surface area contributed by atoms with Gasteiger partial charge in [0.05, 0.1) is 4.92 Å². The normalized spacial score (nSPS) is 14.4. The maximum absolute atomic E-state index is 12.0. The third kappa shape index (κ3) is 5.70. The van der Waals surface area contributed by atoms with Crippen LogP contribution in [0.5, 0.6) is 5.75 Å². The molecule has 1 saturated carbocycles. The molecule has 0 heterocycles. The molecule has 7 heteroatoms. The summed E-state index contributed by atoms with van der Waals surface area (Å²) in [4.78, 5) is 22.1. The van der Waals surface area contributed by atoms with Crippen molar-refractivity contribution in [3.63, 3.8) is 0 Å². The van der Waals surface area contributed by atoms with E-state index >= 15 is 0 Å². The second-order valence-electron chi connectivity index (χ2n) is 6.64. The molecule has 27 heavy (non-hydrogen) atoms. The zero-order chi connectivity index (χ0) is 19.1. The average molecular weight is 369 g/mol. The van der Waals surface area contributed by atoms with Crippen molar-refractivity contribution < 1.29 is 14.5 Å². The van der Waals surface area contributed by atoms with Gasteiger partial charge in [0, 0.05) is 29.5 Å². The molecule has 3 rings (SSSR count). The average Bonchev–Trinajstić information content (AvgIpc) is 2.69. The van der Waals surface area contributed by atoms with Crippen molar-refractivity contribution in [3.05, 3.63) is 58.6 Å². The number of hydrogen-bond donors (Lipinski definition) is 2. The number of rotatable bonds is 7. The van der Waals surface area contributed by atoms with Gasteiger partial charge in [-0.3, -0.25) is 14.9 Å². The monoisotopic (exact) mass is 369 g/mol. The zero-order valence-corrected chi connectivity index (χ0v) is 15.0. The van der Waals surface area contributed by atoms with Crippen LogP contribution in [0.15, 0.2) is 48.5 Å². The Hall–Kier alpha value is -3.09. The molecule has 1 amide bonds. The largest absolute Gasteiger partial charge is 0.484 e. The minimum absolute atomic E-state index is 0.0197. The second kappa shape index (κ2) is 9.02. The Morgan fingerprint density at radius 2 is 1.63 bits per heavy atom. The molecule has 0 spiro atoms. The topological polar surface area (TPSA) is 93.5 Å². The van der Waals surface area contributed by atoms with Crippen LogP contribution in [0.3, 0.4) is 0 Å². The van der Waals surface area contributed by atoms with Crippen molar-refractivity contribution in [2.75, 3.05) is 17.2 Å². The fourth-order valence-corrected chi connectivity index (χ4v) is 3.14. The number of hydrogen-bond acceptors (Lipinski definition) is 5. The summed E-state index contributed by atoms with van der Waals surface area (Å²) in [5.41, 5.74) is 1.73. The van der Waals surface area contributed by atoms with E-state index < -0.39 is 4.92 Å². The van der Waals surface area contributed by atoms with Crippen molar-refractivity contribution >= 4 is 23.0 Å². The summed E-state index contributed by atoms with van der Waals surface area (Å²) in [5, 5.41) is 16.9. The molecule has 7 nitrogen and oxygen atoms in total. The van der Waals surface area contributed by atoms with E-state index in [2.05, 4.69) is 10.6 Å². The van der Waals surface area contributed by atoms with E-state index in [1.54, 1.807) is 0 Å². The van der Waals surface area contributed by atoms with Gasteiger partial charge in [-0.1, -0.05) is 19.3 Å². The Morgan fingerprint density at radius 1 is 1.00 bits per heavy atom. The number of benzene rings is 2. The first kappa shape index (κ1) is 18.7. The Labute approximate surface area is 157 Å². The van der Waals surface area contributed by atoms with Crippen molar-refractivity contribution in [1.29, 1.82) is 0 Å². The molecule has 0 unspecified atom stereocenters. The summed E-state index contributed by atoms with van der Waals surface area (Å²) in [6, 6.07) is 13.8. The van der Waals surface area contributed by atoms with Gasteiger partial charge in [-0.2, -0.15) is 0 Å². The fourth-order valence-electron chi connectivity index (χ4n) is 3.14. The Morgan fingerprint density at radius 3 is 2.26 bits per heavy atom. The number of nitrogens with one attached hydrogen (secondary N) is 2. The van der Waals surface area contributed by atoms with Crippen LogP contribution in [-0.2, 0) is 4.79 Å². The first-order chi connectivity index (χ1) is 13.1. The van der Waals surface area contributed by atoms with E-state index in [4.69, 9.17) is 4.74 Å². The Bertz CT molecular complexity index is 769. The van der Waals surface area contributed by atoms with Gasteiger partial charge in [0.1, 0.15) is 5.75 Å². The van der Waals surface area contributed by atoms with Crippen molar-refractivity contribution in [2.24, 2.45) is 0 Å². The smallest absolute Gasteiger partial charge is 0.269 e. The summed E-state index contributed by atoms with van der Waals surface area (Å²) in [6.45, 7) is -0.167. The standard InChI is InChI=1S/C20H23N3O4/c24-20(14-27-19-12-10-18(11-13-19)23(25)26)22-17-8-6-16(7-9-17)21-15-4-2-1-3-5-15/h6-13,15,21H,1-5,14H2,(H,22,24). The lowest BCUT2D eigenvalue weighted by molar-refractivity contribution is -0.384. The summed E-state index contributed by atoms with van der Waals surface area (Å²) < 4.78 is 5.35. The van der Waals surface area contributed by atoms with Gasteiger partial charge in [-0.05, 0) is 49.2 Å². The molecule has 1 fully saturated rings. The number of carbonyl (C=O) groups is 1. The SMILES string of the molecule is O=C(COc1ccc([N+](=O)[O-])cc1)Nc1ccc(NC2CCCCC2)cc1. The fraction of sp³-hybridized carbons (Fsp3) is 0.350. The Balaban J connectivity index is 1.45. The van der Waals surface area contributed by atoms with Crippen LogP contribution < -0.4 is 15.4 Å². The molecule has 1 aliphatic carbocycles. The second-order valence-corrected chi connectivity index (χ2v) is 6.64. The molecule has 0 radical (unpaired) electrons. The van der Waals surface area contributed by atoms with E-state index in [9.17, 15) is 14.9 Å². The summed E-state index contributed by atoms with van der Waals surface area (Å²) in [5.74, 6) is 0.115. The summed E-state index contributed by atoms with van der Waals surface area (Å²) >= 11 is 0. The minimum Gasteiger partial charge on any atom is -0.484 e. The van der Waals surface area contributed by atoms with E-state index in [1.807, 2.05) is 24.3 Å². The lowest BCUT2D eigenvalue weighted by Crippen LogP contribution is -2.22. The molecule has 0 aliphatic heterocycles. The highest BCUT2D eigenvalue weighted by Crippen LogP contribution is 2.22. The highest BCUT2D eigenvalue weighted by Gasteiger charge is 2.13. The lowest BCUT2D eigenvalue weighted by atomic mass is 9.95. The molecule has 2 N–H and O–H groups in total. The lowest BCUT2D eigenvalue weighted by Gasteiger charge is -2.23. The molecular weight excluding hydrogens is 346 g/mol. The molecule has 2 aromatic carbocycles. The van der Waals surface area contributed by atoms with Gasteiger partial charge in [0.2, 0.25) is 0 Å². The maximum Gasteiger partial charge on any atom is 0.269 e. The third-order valence-corrected chi connectivity index (χ3v) is 4.56. The van der Waals surface area contributed by atoms with Crippen molar-refractivity contribution in [3.8, 4) is 5.75 Å². The van der Waals surface area contributed by atoms with Gasteiger partial charge in [-0.15, -0.1) is 0 Å².